The lowest BCUT2D eigenvalue weighted by atomic mass is 10.2. The van der Waals surface area contributed by atoms with Crippen LogP contribution in [-0.4, -0.2) is 106 Å². The molecule has 0 unspecified atom stereocenters. The van der Waals surface area contributed by atoms with Crippen molar-refractivity contribution >= 4 is 0 Å². The van der Waals surface area contributed by atoms with Crippen LogP contribution >= 0.6 is 0 Å². The van der Waals surface area contributed by atoms with Crippen molar-refractivity contribution in [2.45, 2.75) is 6.61 Å². The molecule has 0 fully saturated rings. The van der Waals surface area contributed by atoms with E-state index in [0.717, 1.165) is 5.56 Å². The van der Waals surface area contributed by atoms with E-state index >= 15 is 0 Å². The van der Waals surface area contributed by atoms with Crippen LogP contribution in [0.25, 0.3) is 0 Å². The van der Waals surface area contributed by atoms with Crippen LogP contribution in [0.2, 0.25) is 0 Å². The molecule has 0 aromatic heterocycles. The van der Waals surface area contributed by atoms with Crippen LogP contribution in [0.4, 0.5) is 0 Å². The third-order valence-corrected chi connectivity index (χ3v) is 3.98. The number of rotatable bonds is 25. The van der Waals surface area contributed by atoms with Gasteiger partial charge in [-0.05, 0) is 5.56 Å². The number of hydrogen-bond acceptors (Lipinski definition) is 9. The van der Waals surface area contributed by atoms with Gasteiger partial charge in [0.15, 0.2) is 0 Å². The average molecular weight is 460 g/mol. The molecule has 1 rings (SSSR count). The zero-order chi connectivity index (χ0) is 22.8. The molecule has 0 heterocycles. The second kappa shape index (κ2) is 24.5. The van der Waals surface area contributed by atoms with E-state index in [9.17, 15) is 0 Å². The molecular weight excluding hydrogens is 418 g/mol. The van der Waals surface area contributed by atoms with Gasteiger partial charge in [0.2, 0.25) is 0 Å². The van der Waals surface area contributed by atoms with Crippen molar-refractivity contribution in [1.82, 2.24) is 0 Å². The molecule has 1 aromatic carbocycles. The molecule has 0 amide bonds. The molecule has 1 aromatic rings. The Morgan fingerprint density at radius 1 is 0.406 bits per heavy atom. The van der Waals surface area contributed by atoms with Gasteiger partial charge in [-0.1, -0.05) is 30.3 Å². The zero-order valence-electron chi connectivity index (χ0n) is 19.3. The highest BCUT2D eigenvalue weighted by molar-refractivity contribution is 5.13. The molecule has 0 spiro atoms. The summed E-state index contributed by atoms with van der Waals surface area (Å²) in [6.45, 7) is 9.33. The van der Waals surface area contributed by atoms with Crippen LogP contribution in [0, 0.1) is 0 Å². The Hall–Kier alpha value is -1.14. The fraction of sp³-hybridized carbons (Fsp3) is 0.739. The van der Waals surface area contributed by atoms with E-state index in [4.69, 9.17) is 43.6 Å². The SMILES string of the molecule is NCCOCCOCCOCCOCCOCCOCCOCCOCc1ccccc1. The van der Waals surface area contributed by atoms with Crippen LogP contribution < -0.4 is 5.73 Å². The molecule has 0 aliphatic heterocycles. The van der Waals surface area contributed by atoms with Gasteiger partial charge < -0.3 is 43.6 Å². The first-order valence-electron chi connectivity index (χ1n) is 11.3. The van der Waals surface area contributed by atoms with Gasteiger partial charge in [0.1, 0.15) is 0 Å². The van der Waals surface area contributed by atoms with Crippen molar-refractivity contribution in [2.24, 2.45) is 5.73 Å². The van der Waals surface area contributed by atoms with E-state index in [1.807, 2.05) is 30.3 Å². The minimum absolute atomic E-state index is 0.532. The molecule has 2 N–H and O–H groups in total. The maximum atomic E-state index is 5.55. The summed E-state index contributed by atoms with van der Waals surface area (Å²) in [5, 5.41) is 0. The van der Waals surface area contributed by atoms with Gasteiger partial charge in [-0.3, -0.25) is 0 Å². The fourth-order valence-corrected chi connectivity index (χ4v) is 2.39. The molecule has 0 aliphatic carbocycles. The summed E-state index contributed by atoms with van der Waals surface area (Å²) in [5.74, 6) is 0. The van der Waals surface area contributed by atoms with Crippen molar-refractivity contribution in [3.8, 4) is 0 Å². The predicted octanol–water partition coefficient (Wildman–Crippen LogP) is 1.28. The highest BCUT2D eigenvalue weighted by Crippen LogP contribution is 1.99. The minimum Gasteiger partial charge on any atom is -0.378 e. The number of ether oxygens (including phenoxy) is 8. The summed E-state index contributed by atoms with van der Waals surface area (Å²) in [6, 6.07) is 10.1. The average Bonchev–Trinajstić information content (AvgIpc) is 2.82. The molecular formula is C23H41NO8. The Bertz CT molecular complexity index is 480. The van der Waals surface area contributed by atoms with E-state index in [0.29, 0.717) is 112 Å². The van der Waals surface area contributed by atoms with Crippen molar-refractivity contribution in [1.29, 1.82) is 0 Å². The van der Waals surface area contributed by atoms with E-state index in [1.165, 1.54) is 0 Å². The Labute approximate surface area is 192 Å². The van der Waals surface area contributed by atoms with Crippen LogP contribution in [0.1, 0.15) is 5.56 Å². The van der Waals surface area contributed by atoms with Gasteiger partial charge >= 0.3 is 0 Å². The fourth-order valence-electron chi connectivity index (χ4n) is 2.39. The smallest absolute Gasteiger partial charge is 0.0718 e. The Balaban J connectivity index is 1.64. The van der Waals surface area contributed by atoms with Crippen molar-refractivity contribution in [3.05, 3.63) is 35.9 Å². The van der Waals surface area contributed by atoms with Crippen molar-refractivity contribution in [3.63, 3.8) is 0 Å². The molecule has 32 heavy (non-hydrogen) atoms. The minimum atomic E-state index is 0.532. The van der Waals surface area contributed by atoms with Crippen LogP contribution in [0.3, 0.4) is 0 Å². The van der Waals surface area contributed by atoms with Crippen molar-refractivity contribution in [2.75, 3.05) is 106 Å². The molecule has 0 atom stereocenters. The van der Waals surface area contributed by atoms with Gasteiger partial charge in [0.05, 0.1) is 106 Å². The topological polar surface area (TPSA) is 99.9 Å². The number of nitrogens with two attached hydrogens (primary N) is 1. The highest BCUT2D eigenvalue weighted by atomic mass is 16.6. The summed E-state index contributed by atoms with van der Waals surface area (Å²) >= 11 is 0. The monoisotopic (exact) mass is 459 g/mol. The molecule has 0 saturated heterocycles. The van der Waals surface area contributed by atoms with Crippen LogP contribution in [0.15, 0.2) is 30.3 Å². The Kier molecular flexibility index (Phi) is 22.1. The molecule has 0 aliphatic rings. The number of hydrogen-bond donors (Lipinski definition) is 1. The highest BCUT2D eigenvalue weighted by Gasteiger charge is 1.95. The second-order valence-electron chi connectivity index (χ2n) is 6.61. The summed E-state index contributed by atoms with van der Waals surface area (Å²) < 4.78 is 43.3. The van der Waals surface area contributed by atoms with Gasteiger partial charge in [-0.15, -0.1) is 0 Å². The third kappa shape index (κ3) is 20.7. The summed E-state index contributed by atoms with van der Waals surface area (Å²) in [6.07, 6.45) is 0. The van der Waals surface area contributed by atoms with E-state index in [-0.39, 0.29) is 0 Å². The molecule has 0 saturated carbocycles. The Morgan fingerprint density at radius 2 is 0.719 bits per heavy atom. The predicted molar refractivity (Wildman–Crippen MR) is 121 cm³/mol. The maximum absolute atomic E-state index is 5.55. The van der Waals surface area contributed by atoms with Gasteiger partial charge in [0, 0.05) is 6.54 Å². The van der Waals surface area contributed by atoms with Crippen LogP contribution in [0.5, 0.6) is 0 Å². The normalized spacial score (nSPS) is 11.3. The first kappa shape index (κ1) is 28.9. The van der Waals surface area contributed by atoms with E-state index in [1.54, 1.807) is 0 Å². The molecule has 9 nitrogen and oxygen atoms in total. The lowest BCUT2D eigenvalue weighted by Crippen LogP contribution is -2.15. The number of benzene rings is 1. The van der Waals surface area contributed by atoms with Crippen molar-refractivity contribution < 1.29 is 37.9 Å². The van der Waals surface area contributed by atoms with E-state index < -0.39 is 0 Å². The van der Waals surface area contributed by atoms with Gasteiger partial charge in [-0.25, -0.2) is 0 Å². The molecule has 186 valence electrons. The quantitative estimate of drug-likeness (QED) is 0.217. The standard InChI is InChI=1S/C23H41NO8/c24-6-7-25-8-9-26-10-11-27-12-13-28-14-15-29-16-17-30-18-19-31-20-21-32-22-23-4-2-1-3-5-23/h1-5H,6-22,24H2. The molecule has 0 bridgehead atoms. The first-order chi connectivity index (χ1) is 15.9. The lowest BCUT2D eigenvalue weighted by molar-refractivity contribution is -0.0234. The maximum Gasteiger partial charge on any atom is 0.0718 e. The summed E-state index contributed by atoms with van der Waals surface area (Å²) in [7, 11) is 0. The summed E-state index contributed by atoms with van der Waals surface area (Å²) in [5.41, 5.74) is 6.48. The van der Waals surface area contributed by atoms with Gasteiger partial charge in [0.25, 0.3) is 0 Å². The molecule has 9 heteroatoms. The lowest BCUT2D eigenvalue weighted by Gasteiger charge is -2.08. The second-order valence-corrected chi connectivity index (χ2v) is 6.61. The third-order valence-electron chi connectivity index (χ3n) is 3.98. The zero-order valence-corrected chi connectivity index (χ0v) is 19.3. The Morgan fingerprint density at radius 3 is 1.06 bits per heavy atom. The summed E-state index contributed by atoms with van der Waals surface area (Å²) in [4.78, 5) is 0. The molecule has 0 radical (unpaired) electrons. The first-order valence-corrected chi connectivity index (χ1v) is 11.3. The van der Waals surface area contributed by atoms with Gasteiger partial charge in [-0.2, -0.15) is 0 Å². The largest absolute Gasteiger partial charge is 0.378 e. The van der Waals surface area contributed by atoms with Crippen LogP contribution in [-0.2, 0) is 44.5 Å². The van der Waals surface area contributed by atoms with E-state index in [2.05, 4.69) is 0 Å².